The Balaban J connectivity index is 0.000000144. The maximum atomic E-state index is 13.6. The summed E-state index contributed by atoms with van der Waals surface area (Å²) < 4.78 is 3.11. The number of hydrogen-bond acceptors (Lipinski definition) is 15. The first-order chi connectivity index (χ1) is 63.5. The monoisotopic (exact) mass is 2050 g/mol. The van der Waals surface area contributed by atoms with Crippen LogP contribution in [0.3, 0.4) is 0 Å². The molecule has 3 unspecified atom stereocenters. The molecule has 9 fully saturated rings. The number of piperidine rings is 6. The van der Waals surface area contributed by atoms with Gasteiger partial charge in [-0.2, -0.15) is 0 Å². The summed E-state index contributed by atoms with van der Waals surface area (Å²) in [5.41, 5.74) is 15.6. The van der Waals surface area contributed by atoms with Crippen molar-refractivity contribution >= 4 is 118 Å². The van der Waals surface area contributed by atoms with Crippen LogP contribution in [0.2, 0.25) is 15.1 Å². The van der Waals surface area contributed by atoms with Crippen molar-refractivity contribution in [1.29, 1.82) is 0 Å². The third-order valence-electron chi connectivity index (χ3n) is 32.2. The second-order valence-electron chi connectivity index (χ2n) is 41.3. The second-order valence-corrected chi connectivity index (χ2v) is 45.3. The van der Waals surface area contributed by atoms with Gasteiger partial charge in [0.05, 0.1) is 35.2 Å². The van der Waals surface area contributed by atoms with E-state index in [0.717, 1.165) is 282 Å². The van der Waals surface area contributed by atoms with Gasteiger partial charge in [-0.3, -0.25) is 73.1 Å². The predicted molar refractivity (Wildman–Crippen MR) is 536 cm³/mol. The Morgan fingerprint density at radius 1 is 0.318 bits per heavy atom. The fourth-order valence-electron chi connectivity index (χ4n) is 24.5. The lowest BCUT2D eigenvalue weighted by Crippen LogP contribution is -2.60. The van der Waals surface area contributed by atoms with Gasteiger partial charge in [0.15, 0.2) is 0 Å². The van der Waals surface area contributed by atoms with Crippen LogP contribution in [0, 0.1) is 35.5 Å². The number of amides is 6. The molecule has 18 rings (SSSR count). The quantitative estimate of drug-likeness (QED) is 0.0947. The van der Waals surface area contributed by atoms with Crippen molar-refractivity contribution in [3.63, 3.8) is 0 Å². The van der Waals surface area contributed by atoms with Crippen molar-refractivity contribution in [3.05, 3.63) is 187 Å². The van der Waals surface area contributed by atoms with E-state index >= 15 is 0 Å². The highest BCUT2D eigenvalue weighted by molar-refractivity contribution is 9.11. The summed E-state index contributed by atoms with van der Waals surface area (Å²) in [6, 6.07) is 28.8. The highest BCUT2D eigenvalue weighted by Crippen LogP contribution is 2.45. The second kappa shape index (κ2) is 44.9. The third kappa shape index (κ3) is 23.6. The molecule has 0 saturated carbocycles. The minimum atomic E-state index is 0.147. The van der Waals surface area contributed by atoms with Gasteiger partial charge in [-0.25, -0.2) is 0 Å². The van der Waals surface area contributed by atoms with E-state index < -0.39 is 0 Å². The number of aryl methyl sites for hydroxylation is 6. The van der Waals surface area contributed by atoms with Crippen molar-refractivity contribution in [3.8, 4) is 0 Å². The van der Waals surface area contributed by atoms with E-state index in [1.165, 1.54) is 67.2 Å². The zero-order chi connectivity index (χ0) is 92.9. The summed E-state index contributed by atoms with van der Waals surface area (Å²) in [7, 11) is 0. The van der Waals surface area contributed by atoms with Crippen molar-refractivity contribution in [1.82, 2.24) is 73.8 Å². The van der Waals surface area contributed by atoms with Crippen LogP contribution < -0.4 is 0 Å². The molecular formula is C105H141Br3Cl3N15O6. The van der Waals surface area contributed by atoms with Crippen LogP contribution in [-0.2, 0) is 67.3 Å². The maximum Gasteiger partial charge on any atom is 0.223 e. The molecule has 9 aliphatic heterocycles. The highest BCUT2D eigenvalue weighted by Gasteiger charge is 2.45. The molecule has 3 aromatic carbocycles. The third-order valence-corrected chi connectivity index (χ3v) is 34.2. The van der Waals surface area contributed by atoms with Gasteiger partial charge in [-0.1, -0.05) is 94.5 Å². The zero-order valence-corrected chi connectivity index (χ0v) is 86.5. The number of pyridine rings is 3. The number of nitrogens with zero attached hydrogens (tertiary/aromatic N) is 15. The Labute approximate surface area is 825 Å². The Morgan fingerprint density at radius 2 is 0.561 bits per heavy atom. The maximum absolute atomic E-state index is 13.6. The van der Waals surface area contributed by atoms with Gasteiger partial charge in [-0.15, -0.1) is 0 Å². The summed E-state index contributed by atoms with van der Waals surface area (Å²) in [6.45, 7) is 37.6. The highest BCUT2D eigenvalue weighted by atomic mass is 79.9. The standard InChI is InChI=1S/3C35H47BrClN5O2/c3*1-23(2)32-22-41(16-17-42(32)33(44)18-25-8-12-39(13-9-25)24(3)43)30-10-14-40(15-11-30)35-31-7-6-29(37)20-26(31)4-5-27-19-28(36)21-38-34(27)35/h3*6-7,19-21,23,25,30,32,35H,4-5,8-18,22H2,1-3H3/t3*32-,35?/m111/s1. The minimum Gasteiger partial charge on any atom is -0.343 e. The fraction of sp³-hybridized carbons (Fsp3) is 0.629. The molecule has 3 aromatic heterocycles. The molecule has 0 bridgehead atoms. The Morgan fingerprint density at radius 3 is 0.795 bits per heavy atom. The van der Waals surface area contributed by atoms with Crippen molar-refractivity contribution in [2.24, 2.45) is 35.5 Å². The lowest BCUT2D eigenvalue weighted by atomic mass is 9.90. The summed E-state index contributed by atoms with van der Waals surface area (Å²) in [6.07, 6.45) is 25.9. The van der Waals surface area contributed by atoms with Gasteiger partial charge in [0.2, 0.25) is 35.4 Å². The molecule has 9 saturated heterocycles. The molecule has 12 heterocycles. The number of halogens is 6. The van der Waals surface area contributed by atoms with Gasteiger partial charge in [-0.05, 0) is 304 Å². The van der Waals surface area contributed by atoms with E-state index in [4.69, 9.17) is 49.8 Å². The van der Waals surface area contributed by atoms with Crippen molar-refractivity contribution in [2.45, 2.75) is 252 Å². The number of rotatable bonds is 15. The van der Waals surface area contributed by atoms with Crippen LogP contribution in [0.5, 0.6) is 0 Å². The molecule has 714 valence electrons. The summed E-state index contributed by atoms with van der Waals surface area (Å²) in [5.74, 6) is 3.78. The molecule has 0 radical (unpaired) electrons. The summed E-state index contributed by atoms with van der Waals surface area (Å²) >= 11 is 30.3. The van der Waals surface area contributed by atoms with Crippen LogP contribution in [0.4, 0.5) is 0 Å². The molecule has 132 heavy (non-hydrogen) atoms. The molecule has 27 heteroatoms. The van der Waals surface area contributed by atoms with Crippen molar-refractivity contribution < 1.29 is 28.8 Å². The lowest BCUT2D eigenvalue weighted by Gasteiger charge is -2.48. The van der Waals surface area contributed by atoms with E-state index in [0.29, 0.717) is 90.6 Å². The minimum absolute atomic E-state index is 0.147. The van der Waals surface area contributed by atoms with Gasteiger partial charge < -0.3 is 29.4 Å². The van der Waals surface area contributed by atoms with Crippen molar-refractivity contribution in [2.75, 3.05) is 137 Å². The number of aromatic nitrogens is 3. The predicted octanol–water partition coefficient (Wildman–Crippen LogP) is 17.9. The van der Waals surface area contributed by atoms with Crippen LogP contribution in [0.15, 0.2) is 105 Å². The number of piperazine rings is 3. The van der Waals surface area contributed by atoms with E-state index in [9.17, 15) is 28.8 Å². The number of carbonyl (C=O) groups excluding carboxylic acids is 6. The molecule has 6 atom stereocenters. The SMILES string of the molecule is CC(=O)N1CCC(CC(=O)N2CCN(C3CCN(C4c5ccc(Cl)cc5CCc5cc(Br)cnc54)CC3)C[C@@H]2C(C)C)CC1.CC(=O)N1CCC(CC(=O)N2CCN(C3CCN(C4c5ccc(Cl)cc5CCc5cc(Br)cnc54)CC3)C[C@@H]2C(C)C)CC1.CC(=O)N1CCC(CC(=O)N2CCN(C3CCN(C4c5ccc(Cl)cc5CCc5cc(Br)cnc54)CC3)C[C@@H]2C(C)C)CC1. The van der Waals surface area contributed by atoms with Gasteiger partial charge in [0, 0.05) is 261 Å². The Bertz CT molecular complexity index is 4390. The number of likely N-dealkylation sites (tertiary alicyclic amines) is 6. The number of carbonyl (C=O) groups is 6. The normalized spacial score (nSPS) is 24.2. The van der Waals surface area contributed by atoms with Gasteiger partial charge in [0.1, 0.15) is 0 Å². The molecule has 3 aliphatic carbocycles. The number of benzene rings is 3. The van der Waals surface area contributed by atoms with Crippen LogP contribution in [-0.4, -0.2) is 283 Å². The first-order valence-electron chi connectivity index (χ1n) is 49.9. The molecule has 12 aliphatic rings. The first kappa shape index (κ1) is 99.0. The molecule has 0 N–H and O–H groups in total. The van der Waals surface area contributed by atoms with Crippen LogP contribution in [0.25, 0.3) is 0 Å². The molecule has 0 spiro atoms. The number of hydrogen-bond donors (Lipinski definition) is 0. The van der Waals surface area contributed by atoms with Crippen LogP contribution in [0.1, 0.15) is 244 Å². The van der Waals surface area contributed by atoms with E-state index in [1.807, 2.05) is 51.5 Å². The molecule has 6 aromatic rings. The average molecular weight is 2060 g/mol. The van der Waals surface area contributed by atoms with E-state index in [1.54, 1.807) is 20.8 Å². The number of fused-ring (bicyclic) bond motifs is 6. The summed E-state index contributed by atoms with van der Waals surface area (Å²) in [4.78, 5) is 119. The van der Waals surface area contributed by atoms with E-state index in [-0.39, 0.29) is 54.0 Å². The average Bonchev–Trinajstić information content (AvgIpc) is 1.58. The zero-order valence-electron chi connectivity index (χ0n) is 79.4. The lowest BCUT2D eigenvalue weighted by molar-refractivity contribution is -0.141. The first-order valence-corrected chi connectivity index (χ1v) is 53.4. The Hall–Kier alpha value is -6.00. The summed E-state index contributed by atoms with van der Waals surface area (Å²) in [5, 5.41) is 2.41. The topological polar surface area (TPSA) is 180 Å². The molecule has 21 nitrogen and oxygen atoms in total. The van der Waals surface area contributed by atoms with Crippen LogP contribution >= 0.6 is 82.6 Å². The largest absolute Gasteiger partial charge is 0.343 e. The fourth-order valence-corrected chi connectivity index (χ4v) is 26.2. The Kier molecular flexibility index (Phi) is 33.7. The smallest absolute Gasteiger partial charge is 0.223 e. The van der Waals surface area contributed by atoms with Gasteiger partial charge >= 0.3 is 0 Å². The van der Waals surface area contributed by atoms with E-state index in [2.05, 4.69) is 188 Å². The van der Waals surface area contributed by atoms with Gasteiger partial charge in [0.25, 0.3) is 0 Å². The molecule has 6 amide bonds. The molecular weight excluding hydrogens is 1910 g/mol.